The standard InChI is InChI=1S/C9H10F2N2O2/c1-12-13-9(14)5-15-6-2-3-7(10)8(11)4-6/h2-4,12H,5H2,1H3,(H,13,14). The van der Waals surface area contributed by atoms with Gasteiger partial charge in [0.1, 0.15) is 5.75 Å². The van der Waals surface area contributed by atoms with Crippen molar-refractivity contribution in [1.82, 2.24) is 10.9 Å². The van der Waals surface area contributed by atoms with E-state index in [-0.39, 0.29) is 12.4 Å². The summed E-state index contributed by atoms with van der Waals surface area (Å²) in [5.74, 6) is -2.29. The summed E-state index contributed by atoms with van der Waals surface area (Å²) >= 11 is 0. The highest BCUT2D eigenvalue weighted by atomic mass is 19.2. The molecule has 0 aliphatic carbocycles. The van der Waals surface area contributed by atoms with Crippen molar-refractivity contribution in [3.05, 3.63) is 29.8 Å². The van der Waals surface area contributed by atoms with E-state index < -0.39 is 17.5 Å². The van der Waals surface area contributed by atoms with Crippen LogP contribution in [0.1, 0.15) is 0 Å². The molecule has 0 bridgehead atoms. The summed E-state index contributed by atoms with van der Waals surface area (Å²) in [4.78, 5) is 10.9. The third-order valence-corrected chi connectivity index (χ3v) is 1.53. The minimum absolute atomic E-state index is 0.0974. The second-order valence-corrected chi connectivity index (χ2v) is 2.66. The van der Waals surface area contributed by atoms with Crippen LogP contribution in [-0.4, -0.2) is 19.6 Å². The third-order valence-electron chi connectivity index (χ3n) is 1.53. The van der Waals surface area contributed by atoms with Crippen LogP contribution < -0.4 is 15.6 Å². The number of amides is 1. The van der Waals surface area contributed by atoms with Gasteiger partial charge in [0.15, 0.2) is 18.2 Å². The average molecular weight is 216 g/mol. The van der Waals surface area contributed by atoms with Crippen LogP contribution in [0, 0.1) is 11.6 Å². The van der Waals surface area contributed by atoms with Gasteiger partial charge in [-0.15, -0.1) is 0 Å². The molecule has 0 saturated heterocycles. The Bertz CT molecular complexity index is 358. The quantitative estimate of drug-likeness (QED) is 0.724. The molecule has 1 aromatic rings. The van der Waals surface area contributed by atoms with E-state index in [9.17, 15) is 13.6 Å². The molecule has 0 fully saturated rings. The maximum absolute atomic E-state index is 12.7. The van der Waals surface area contributed by atoms with Gasteiger partial charge >= 0.3 is 0 Å². The summed E-state index contributed by atoms with van der Waals surface area (Å²) < 4.78 is 30.1. The molecule has 0 aliphatic rings. The summed E-state index contributed by atoms with van der Waals surface area (Å²) in [6.45, 7) is -0.272. The second kappa shape index (κ2) is 5.26. The van der Waals surface area contributed by atoms with Crippen LogP contribution in [0.3, 0.4) is 0 Å². The number of hydrogen-bond acceptors (Lipinski definition) is 3. The third kappa shape index (κ3) is 3.51. The highest BCUT2D eigenvalue weighted by Crippen LogP contribution is 2.14. The average Bonchev–Trinajstić information content (AvgIpc) is 2.20. The molecular formula is C9H10F2N2O2. The minimum Gasteiger partial charge on any atom is -0.484 e. The molecule has 0 saturated carbocycles. The van der Waals surface area contributed by atoms with Crippen LogP contribution in [-0.2, 0) is 4.79 Å². The summed E-state index contributed by atoms with van der Waals surface area (Å²) in [6.07, 6.45) is 0. The predicted octanol–water partition coefficient (Wildman–Crippen LogP) is 0.594. The van der Waals surface area contributed by atoms with E-state index >= 15 is 0 Å². The zero-order chi connectivity index (χ0) is 11.3. The van der Waals surface area contributed by atoms with Crippen molar-refractivity contribution in [1.29, 1.82) is 0 Å². The van der Waals surface area contributed by atoms with Crippen molar-refractivity contribution >= 4 is 5.91 Å². The molecule has 6 heteroatoms. The topological polar surface area (TPSA) is 50.4 Å². The first kappa shape index (κ1) is 11.4. The van der Waals surface area contributed by atoms with E-state index in [4.69, 9.17) is 4.74 Å². The summed E-state index contributed by atoms with van der Waals surface area (Å²) in [5.41, 5.74) is 4.67. The Labute approximate surface area is 85.2 Å². The van der Waals surface area contributed by atoms with Gasteiger partial charge in [-0.2, -0.15) is 0 Å². The van der Waals surface area contributed by atoms with Crippen LogP contribution >= 0.6 is 0 Å². The lowest BCUT2D eigenvalue weighted by Gasteiger charge is -2.06. The van der Waals surface area contributed by atoms with Gasteiger partial charge in [0.05, 0.1) is 0 Å². The Kier molecular flexibility index (Phi) is 3.99. The molecule has 0 unspecified atom stereocenters. The van der Waals surface area contributed by atoms with Gasteiger partial charge in [0.25, 0.3) is 5.91 Å². The lowest BCUT2D eigenvalue weighted by molar-refractivity contribution is -0.123. The summed E-state index contributed by atoms with van der Waals surface area (Å²) in [5, 5.41) is 0. The van der Waals surface area contributed by atoms with E-state index in [0.717, 1.165) is 12.1 Å². The van der Waals surface area contributed by atoms with Gasteiger partial charge in [0, 0.05) is 13.1 Å². The Morgan fingerprint density at radius 3 is 2.73 bits per heavy atom. The molecule has 82 valence electrons. The number of carbonyl (C=O) groups excluding carboxylic acids is 1. The largest absolute Gasteiger partial charge is 0.484 e. The molecule has 0 heterocycles. The fraction of sp³-hybridized carbons (Fsp3) is 0.222. The molecule has 4 nitrogen and oxygen atoms in total. The van der Waals surface area contributed by atoms with Crippen LogP contribution in [0.4, 0.5) is 8.78 Å². The fourth-order valence-corrected chi connectivity index (χ4v) is 0.891. The SMILES string of the molecule is CNNC(=O)COc1ccc(F)c(F)c1. The zero-order valence-electron chi connectivity index (χ0n) is 8.01. The number of rotatable bonds is 4. The number of benzene rings is 1. The smallest absolute Gasteiger partial charge is 0.271 e. The highest BCUT2D eigenvalue weighted by molar-refractivity contribution is 5.76. The molecule has 1 amide bonds. The lowest BCUT2D eigenvalue weighted by Crippen LogP contribution is -2.37. The Morgan fingerprint density at radius 2 is 2.13 bits per heavy atom. The van der Waals surface area contributed by atoms with E-state index in [1.165, 1.54) is 13.1 Å². The highest BCUT2D eigenvalue weighted by Gasteiger charge is 2.05. The maximum Gasteiger partial charge on any atom is 0.271 e. The van der Waals surface area contributed by atoms with Crippen LogP contribution in [0.25, 0.3) is 0 Å². The lowest BCUT2D eigenvalue weighted by atomic mass is 10.3. The van der Waals surface area contributed by atoms with Crippen molar-refractivity contribution in [3.8, 4) is 5.75 Å². The van der Waals surface area contributed by atoms with Crippen molar-refractivity contribution in [2.45, 2.75) is 0 Å². The molecule has 1 rings (SSSR count). The van der Waals surface area contributed by atoms with Gasteiger partial charge in [-0.3, -0.25) is 10.2 Å². The van der Waals surface area contributed by atoms with Crippen molar-refractivity contribution in [3.63, 3.8) is 0 Å². The van der Waals surface area contributed by atoms with E-state index in [0.29, 0.717) is 0 Å². The molecule has 15 heavy (non-hydrogen) atoms. The molecule has 1 aromatic carbocycles. The molecule has 0 spiro atoms. The normalized spacial score (nSPS) is 9.80. The van der Waals surface area contributed by atoms with Gasteiger partial charge in [-0.05, 0) is 12.1 Å². The Hall–Kier alpha value is -1.69. The predicted molar refractivity (Wildman–Crippen MR) is 49.1 cm³/mol. The molecular weight excluding hydrogens is 206 g/mol. The van der Waals surface area contributed by atoms with E-state index in [2.05, 4.69) is 10.9 Å². The number of ether oxygens (including phenoxy) is 1. The van der Waals surface area contributed by atoms with E-state index in [1.54, 1.807) is 0 Å². The monoisotopic (exact) mass is 216 g/mol. The van der Waals surface area contributed by atoms with Crippen molar-refractivity contribution in [2.75, 3.05) is 13.7 Å². The van der Waals surface area contributed by atoms with Gasteiger partial charge in [-0.1, -0.05) is 0 Å². The fourth-order valence-electron chi connectivity index (χ4n) is 0.891. The molecule has 0 radical (unpaired) electrons. The van der Waals surface area contributed by atoms with Gasteiger partial charge in [-0.25, -0.2) is 14.2 Å². The number of halogens is 2. The van der Waals surface area contributed by atoms with Crippen molar-refractivity contribution < 1.29 is 18.3 Å². The van der Waals surface area contributed by atoms with Gasteiger partial charge in [0.2, 0.25) is 0 Å². The second-order valence-electron chi connectivity index (χ2n) is 2.66. The van der Waals surface area contributed by atoms with Crippen molar-refractivity contribution in [2.24, 2.45) is 0 Å². The number of nitrogens with one attached hydrogen (secondary N) is 2. The number of hydrazine groups is 1. The van der Waals surface area contributed by atoms with Gasteiger partial charge < -0.3 is 4.74 Å². The summed E-state index contributed by atoms with van der Waals surface area (Å²) in [6, 6.07) is 3.05. The number of carbonyl (C=O) groups is 1. The molecule has 0 aromatic heterocycles. The zero-order valence-corrected chi connectivity index (χ0v) is 8.01. The van der Waals surface area contributed by atoms with Crippen LogP contribution in [0.2, 0.25) is 0 Å². The first-order valence-corrected chi connectivity index (χ1v) is 4.17. The van der Waals surface area contributed by atoms with Crippen LogP contribution in [0.5, 0.6) is 5.75 Å². The Balaban J connectivity index is 2.51. The molecule has 0 atom stereocenters. The number of hydrogen-bond donors (Lipinski definition) is 2. The maximum atomic E-state index is 12.7. The Morgan fingerprint density at radius 1 is 1.40 bits per heavy atom. The molecule has 2 N–H and O–H groups in total. The van der Waals surface area contributed by atoms with Crippen LogP contribution in [0.15, 0.2) is 18.2 Å². The summed E-state index contributed by atoms with van der Waals surface area (Å²) in [7, 11) is 1.52. The molecule has 0 aliphatic heterocycles. The minimum atomic E-state index is -1.01. The first-order valence-electron chi connectivity index (χ1n) is 4.17. The first-order chi connectivity index (χ1) is 7.13. The van der Waals surface area contributed by atoms with E-state index in [1.807, 2.05) is 0 Å².